The Bertz CT molecular complexity index is 986. The first kappa shape index (κ1) is 22.8. The molecule has 2 aromatic rings. The van der Waals surface area contributed by atoms with E-state index in [4.69, 9.17) is 0 Å². The number of anilines is 2. The molecule has 0 bridgehead atoms. The van der Waals surface area contributed by atoms with Crippen molar-refractivity contribution < 1.29 is 18.0 Å². The van der Waals surface area contributed by atoms with Crippen LogP contribution in [0.3, 0.4) is 0 Å². The van der Waals surface area contributed by atoms with Crippen LogP contribution in [0.1, 0.15) is 36.5 Å². The first-order valence-corrected chi connectivity index (χ1v) is 12.0. The fourth-order valence-corrected chi connectivity index (χ4v) is 4.87. The minimum atomic E-state index is -3.25. The van der Waals surface area contributed by atoms with Crippen molar-refractivity contribution in [3.63, 3.8) is 0 Å². The molecule has 166 valence electrons. The monoisotopic (exact) mass is 444 g/mol. The third kappa shape index (κ3) is 6.80. The Hall–Kier alpha value is -2.91. The molecule has 0 unspecified atom stereocenters. The van der Waals surface area contributed by atoms with Gasteiger partial charge in [0.2, 0.25) is 10.0 Å². The van der Waals surface area contributed by atoms with Gasteiger partial charge >= 0.3 is 6.03 Å². The molecule has 0 aromatic heterocycles. The number of likely N-dealkylation sites (tertiary alicyclic amines) is 1. The van der Waals surface area contributed by atoms with E-state index in [-0.39, 0.29) is 23.7 Å². The zero-order valence-electron chi connectivity index (χ0n) is 17.5. The van der Waals surface area contributed by atoms with Gasteiger partial charge in [0.05, 0.1) is 5.75 Å². The number of hydrogen-bond acceptors (Lipinski definition) is 4. The van der Waals surface area contributed by atoms with Crippen molar-refractivity contribution in [2.24, 2.45) is 0 Å². The maximum absolute atomic E-state index is 12.8. The number of piperidine rings is 1. The number of hydrogen-bond donors (Lipinski definition) is 3. The van der Waals surface area contributed by atoms with Gasteiger partial charge in [-0.2, -0.15) is 0 Å². The van der Waals surface area contributed by atoms with Gasteiger partial charge in [0.1, 0.15) is 0 Å². The highest BCUT2D eigenvalue weighted by molar-refractivity contribution is 7.89. The van der Waals surface area contributed by atoms with Crippen LogP contribution in [-0.4, -0.2) is 50.1 Å². The van der Waals surface area contributed by atoms with E-state index in [1.165, 1.54) is 0 Å². The third-order valence-corrected chi connectivity index (χ3v) is 6.66. The zero-order chi connectivity index (χ0) is 22.3. The summed E-state index contributed by atoms with van der Waals surface area (Å²) in [6.45, 7) is 2.83. The lowest BCUT2D eigenvalue weighted by molar-refractivity contribution is 0.0711. The van der Waals surface area contributed by atoms with E-state index in [0.29, 0.717) is 49.3 Å². The average molecular weight is 445 g/mol. The molecule has 3 N–H and O–H groups in total. The lowest BCUT2D eigenvalue weighted by Crippen LogP contribution is -2.46. The standard InChI is InChI=1S/C22H28N4O4S/c1-2-16-31(29,30)25-20-12-14-26(15-13-20)21(27)17-8-10-19(11-9-17)24-22(28)23-18-6-4-3-5-7-18/h3-11,20,25H,2,12-16H2,1H3,(H2,23,24,28). The maximum Gasteiger partial charge on any atom is 0.323 e. The highest BCUT2D eigenvalue weighted by atomic mass is 32.2. The van der Waals surface area contributed by atoms with Crippen LogP contribution in [0.15, 0.2) is 54.6 Å². The summed E-state index contributed by atoms with van der Waals surface area (Å²) < 4.78 is 26.6. The summed E-state index contributed by atoms with van der Waals surface area (Å²) in [5.41, 5.74) is 1.79. The molecule has 0 saturated carbocycles. The van der Waals surface area contributed by atoms with Crippen LogP contribution in [0.2, 0.25) is 0 Å². The van der Waals surface area contributed by atoms with Gasteiger partial charge in [-0.05, 0) is 55.7 Å². The Kier molecular flexibility index (Phi) is 7.64. The van der Waals surface area contributed by atoms with Crippen molar-refractivity contribution >= 4 is 33.3 Å². The summed E-state index contributed by atoms with van der Waals surface area (Å²) in [7, 11) is -3.25. The van der Waals surface area contributed by atoms with Crippen molar-refractivity contribution in [1.82, 2.24) is 9.62 Å². The number of nitrogens with zero attached hydrogens (tertiary/aromatic N) is 1. The lowest BCUT2D eigenvalue weighted by Gasteiger charge is -2.32. The van der Waals surface area contributed by atoms with E-state index in [9.17, 15) is 18.0 Å². The Morgan fingerprint density at radius 1 is 0.935 bits per heavy atom. The van der Waals surface area contributed by atoms with Crippen LogP contribution < -0.4 is 15.4 Å². The molecular formula is C22H28N4O4S. The summed E-state index contributed by atoms with van der Waals surface area (Å²) in [5, 5.41) is 5.47. The van der Waals surface area contributed by atoms with Crippen molar-refractivity contribution in [3.05, 3.63) is 60.2 Å². The zero-order valence-corrected chi connectivity index (χ0v) is 18.3. The number of para-hydroxylation sites is 1. The van der Waals surface area contributed by atoms with Gasteiger partial charge < -0.3 is 15.5 Å². The maximum atomic E-state index is 12.8. The van der Waals surface area contributed by atoms with E-state index in [2.05, 4.69) is 15.4 Å². The van der Waals surface area contributed by atoms with Crippen LogP contribution in [-0.2, 0) is 10.0 Å². The molecule has 0 aliphatic carbocycles. The molecule has 1 heterocycles. The average Bonchev–Trinajstić information content (AvgIpc) is 2.74. The molecule has 3 rings (SSSR count). The topological polar surface area (TPSA) is 108 Å². The van der Waals surface area contributed by atoms with Crippen molar-refractivity contribution in [2.75, 3.05) is 29.5 Å². The first-order chi connectivity index (χ1) is 14.9. The number of carbonyl (C=O) groups is 2. The second-order valence-electron chi connectivity index (χ2n) is 7.53. The van der Waals surface area contributed by atoms with Crippen LogP contribution in [0.25, 0.3) is 0 Å². The van der Waals surface area contributed by atoms with Crippen LogP contribution in [0.4, 0.5) is 16.2 Å². The van der Waals surface area contributed by atoms with Gasteiger partial charge in [-0.1, -0.05) is 25.1 Å². The fourth-order valence-electron chi connectivity index (χ4n) is 3.48. The van der Waals surface area contributed by atoms with Gasteiger partial charge in [0, 0.05) is 36.1 Å². The highest BCUT2D eigenvalue weighted by Crippen LogP contribution is 2.17. The molecule has 0 spiro atoms. The number of carbonyl (C=O) groups excluding carboxylic acids is 2. The highest BCUT2D eigenvalue weighted by Gasteiger charge is 2.26. The second-order valence-corrected chi connectivity index (χ2v) is 9.40. The largest absolute Gasteiger partial charge is 0.339 e. The summed E-state index contributed by atoms with van der Waals surface area (Å²) in [6, 6.07) is 15.3. The number of sulfonamides is 1. The van der Waals surface area contributed by atoms with Gasteiger partial charge in [0.15, 0.2) is 0 Å². The molecule has 2 aromatic carbocycles. The van der Waals surface area contributed by atoms with E-state index < -0.39 is 10.0 Å². The van der Waals surface area contributed by atoms with Crippen molar-refractivity contribution in [2.45, 2.75) is 32.2 Å². The normalized spacial score (nSPS) is 14.8. The summed E-state index contributed by atoms with van der Waals surface area (Å²) >= 11 is 0. The summed E-state index contributed by atoms with van der Waals surface area (Å²) in [4.78, 5) is 26.6. The minimum absolute atomic E-state index is 0.102. The number of benzene rings is 2. The molecule has 3 amide bonds. The van der Waals surface area contributed by atoms with Gasteiger partial charge in [-0.25, -0.2) is 17.9 Å². The summed E-state index contributed by atoms with van der Waals surface area (Å²) in [5.74, 6) is 0.0192. The number of nitrogens with one attached hydrogen (secondary N) is 3. The number of amides is 3. The molecule has 0 atom stereocenters. The summed E-state index contributed by atoms with van der Waals surface area (Å²) in [6.07, 6.45) is 1.76. The Labute approximate surface area is 183 Å². The van der Waals surface area contributed by atoms with Crippen LogP contribution in [0, 0.1) is 0 Å². The van der Waals surface area contributed by atoms with Gasteiger partial charge in [0.25, 0.3) is 5.91 Å². The predicted octanol–water partition coefficient (Wildman–Crippen LogP) is 3.26. The van der Waals surface area contributed by atoms with E-state index in [1.807, 2.05) is 25.1 Å². The van der Waals surface area contributed by atoms with Crippen LogP contribution >= 0.6 is 0 Å². The molecule has 1 saturated heterocycles. The van der Waals surface area contributed by atoms with E-state index in [1.54, 1.807) is 41.3 Å². The molecule has 31 heavy (non-hydrogen) atoms. The predicted molar refractivity (Wildman–Crippen MR) is 122 cm³/mol. The van der Waals surface area contributed by atoms with Crippen molar-refractivity contribution in [3.8, 4) is 0 Å². The van der Waals surface area contributed by atoms with E-state index >= 15 is 0 Å². The molecule has 0 radical (unpaired) electrons. The smallest absolute Gasteiger partial charge is 0.323 e. The van der Waals surface area contributed by atoms with Gasteiger partial charge in [-0.3, -0.25) is 4.79 Å². The quantitative estimate of drug-likeness (QED) is 0.609. The molecule has 1 aliphatic rings. The van der Waals surface area contributed by atoms with Gasteiger partial charge in [-0.15, -0.1) is 0 Å². The Balaban J connectivity index is 1.50. The Morgan fingerprint density at radius 3 is 2.10 bits per heavy atom. The van der Waals surface area contributed by atoms with Crippen molar-refractivity contribution in [1.29, 1.82) is 0 Å². The molecule has 8 nitrogen and oxygen atoms in total. The molecule has 9 heteroatoms. The number of rotatable bonds is 7. The second kappa shape index (κ2) is 10.4. The SMILES string of the molecule is CCCS(=O)(=O)NC1CCN(C(=O)c2ccc(NC(=O)Nc3ccccc3)cc2)CC1. The van der Waals surface area contributed by atoms with Crippen LogP contribution in [0.5, 0.6) is 0 Å². The third-order valence-electron chi connectivity index (χ3n) is 5.02. The molecular weight excluding hydrogens is 416 g/mol. The lowest BCUT2D eigenvalue weighted by atomic mass is 10.0. The molecule has 1 fully saturated rings. The fraction of sp³-hybridized carbons (Fsp3) is 0.364. The Morgan fingerprint density at radius 2 is 1.52 bits per heavy atom. The molecule has 1 aliphatic heterocycles. The first-order valence-electron chi connectivity index (χ1n) is 10.4. The minimum Gasteiger partial charge on any atom is -0.339 e. The van der Waals surface area contributed by atoms with E-state index in [0.717, 1.165) is 0 Å². The number of urea groups is 1.